The Balaban J connectivity index is 2.01. The number of benzene rings is 1. The largest absolute Gasteiger partial charge is 0.450 e. The molecule has 0 radical (unpaired) electrons. The Labute approximate surface area is 170 Å². The van der Waals surface area contributed by atoms with Gasteiger partial charge in [-0.25, -0.2) is 4.79 Å². The molecule has 0 aliphatic carbocycles. The average Bonchev–Trinajstić information content (AvgIpc) is 3.01. The molecule has 1 N–H and O–H groups in total. The van der Waals surface area contributed by atoms with Gasteiger partial charge >= 0.3 is 5.97 Å². The van der Waals surface area contributed by atoms with Crippen LogP contribution in [-0.4, -0.2) is 55.0 Å². The number of nitrogens with one attached hydrogen (secondary N) is 1. The third-order valence-electron chi connectivity index (χ3n) is 3.98. The molecule has 8 nitrogen and oxygen atoms in total. The van der Waals surface area contributed by atoms with Gasteiger partial charge in [0.1, 0.15) is 5.58 Å². The topological polar surface area (TPSA) is 98.1 Å². The molecular formula is C21H28N2O6. The van der Waals surface area contributed by atoms with Gasteiger partial charge in [-0.15, -0.1) is 0 Å². The van der Waals surface area contributed by atoms with Crippen molar-refractivity contribution in [2.45, 2.75) is 39.8 Å². The summed E-state index contributed by atoms with van der Waals surface area (Å²) in [6, 6.07) is 7.21. The molecule has 2 amide bonds. The van der Waals surface area contributed by atoms with Crippen LogP contribution in [0.3, 0.4) is 0 Å². The van der Waals surface area contributed by atoms with Gasteiger partial charge in [-0.05, 0) is 33.8 Å². The molecule has 0 atom stereocenters. The lowest BCUT2D eigenvalue weighted by Crippen LogP contribution is -2.46. The molecule has 158 valence electrons. The second-order valence-electron chi connectivity index (χ2n) is 7.67. The van der Waals surface area contributed by atoms with Crippen LogP contribution in [0.1, 0.15) is 43.8 Å². The van der Waals surface area contributed by atoms with E-state index >= 15 is 0 Å². The van der Waals surface area contributed by atoms with Crippen molar-refractivity contribution in [1.29, 1.82) is 0 Å². The SMILES string of the molecule is CCOCc1c(C(=O)OCC(=O)N(C)CC(=O)NC(C)(C)C)oc2ccccc12. The number of ether oxygens (including phenoxy) is 2. The number of hydrogen-bond donors (Lipinski definition) is 1. The number of hydrogen-bond acceptors (Lipinski definition) is 6. The average molecular weight is 404 g/mol. The molecule has 0 saturated heterocycles. The lowest BCUT2D eigenvalue weighted by atomic mass is 10.1. The molecule has 2 rings (SSSR count). The summed E-state index contributed by atoms with van der Waals surface area (Å²) >= 11 is 0. The summed E-state index contributed by atoms with van der Waals surface area (Å²) in [6.45, 7) is 7.44. The van der Waals surface area contributed by atoms with Crippen molar-refractivity contribution in [3.63, 3.8) is 0 Å². The van der Waals surface area contributed by atoms with Crippen molar-refractivity contribution in [3.05, 3.63) is 35.6 Å². The first-order chi connectivity index (χ1) is 13.6. The lowest BCUT2D eigenvalue weighted by molar-refractivity contribution is -0.137. The first kappa shape index (κ1) is 22.4. The summed E-state index contributed by atoms with van der Waals surface area (Å²) in [4.78, 5) is 37.9. The van der Waals surface area contributed by atoms with Crippen molar-refractivity contribution >= 4 is 28.8 Å². The first-order valence-corrected chi connectivity index (χ1v) is 9.42. The molecule has 0 aliphatic heterocycles. The zero-order valence-electron chi connectivity index (χ0n) is 17.5. The van der Waals surface area contributed by atoms with Crippen molar-refractivity contribution in [2.75, 3.05) is 26.8 Å². The maximum Gasteiger partial charge on any atom is 0.375 e. The predicted octanol–water partition coefficient (Wildman–Crippen LogP) is 2.50. The minimum atomic E-state index is -0.753. The fourth-order valence-electron chi connectivity index (χ4n) is 2.68. The standard InChI is InChI=1S/C21H28N2O6/c1-6-27-12-15-14-9-7-8-10-16(14)29-19(15)20(26)28-13-18(25)23(5)11-17(24)22-21(2,3)4/h7-10H,6,11-13H2,1-5H3,(H,22,24). The van der Waals surface area contributed by atoms with Crippen molar-refractivity contribution in [2.24, 2.45) is 0 Å². The number of furan rings is 1. The van der Waals surface area contributed by atoms with E-state index in [2.05, 4.69) is 5.32 Å². The molecular weight excluding hydrogens is 376 g/mol. The zero-order chi connectivity index (χ0) is 21.6. The second kappa shape index (κ2) is 9.56. The first-order valence-electron chi connectivity index (χ1n) is 9.42. The molecule has 0 bridgehead atoms. The number of rotatable bonds is 8. The molecule has 29 heavy (non-hydrogen) atoms. The molecule has 8 heteroatoms. The van der Waals surface area contributed by atoms with Crippen LogP contribution in [0.15, 0.2) is 28.7 Å². The van der Waals surface area contributed by atoms with Crippen LogP contribution in [0.2, 0.25) is 0 Å². The lowest BCUT2D eigenvalue weighted by Gasteiger charge is -2.23. The van der Waals surface area contributed by atoms with Gasteiger partial charge in [0.2, 0.25) is 11.7 Å². The molecule has 0 unspecified atom stereocenters. The molecule has 2 aromatic rings. The summed E-state index contributed by atoms with van der Waals surface area (Å²) in [6.07, 6.45) is 0. The molecule has 1 aromatic carbocycles. The quantitative estimate of drug-likeness (QED) is 0.679. The van der Waals surface area contributed by atoms with Gasteiger partial charge in [0.05, 0.1) is 13.2 Å². The number of carbonyl (C=O) groups is 3. The molecule has 1 heterocycles. The maximum absolute atomic E-state index is 12.5. The van der Waals surface area contributed by atoms with Gasteiger partial charge in [0.25, 0.3) is 5.91 Å². The Hall–Kier alpha value is -2.87. The number of nitrogens with zero attached hydrogens (tertiary/aromatic N) is 1. The minimum Gasteiger partial charge on any atom is -0.450 e. The smallest absolute Gasteiger partial charge is 0.375 e. The van der Waals surface area contributed by atoms with Gasteiger partial charge in [-0.1, -0.05) is 18.2 Å². The van der Waals surface area contributed by atoms with E-state index in [0.29, 0.717) is 17.8 Å². The second-order valence-corrected chi connectivity index (χ2v) is 7.67. The molecule has 1 aromatic heterocycles. The van der Waals surface area contributed by atoms with Gasteiger partial charge in [-0.2, -0.15) is 0 Å². The van der Waals surface area contributed by atoms with Crippen molar-refractivity contribution < 1.29 is 28.3 Å². The number of esters is 1. The summed E-state index contributed by atoms with van der Waals surface area (Å²) in [7, 11) is 1.47. The fraction of sp³-hybridized carbons (Fsp3) is 0.476. The number of fused-ring (bicyclic) bond motifs is 1. The van der Waals surface area contributed by atoms with Crippen LogP contribution in [0, 0.1) is 0 Å². The molecule has 0 spiro atoms. The third kappa shape index (κ3) is 6.32. The van der Waals surface area contributed by atoms with E-state index in [1.807, 2.05) is 39.8 Å². The van der Waals surface area contributed by atoms with Crippen LogP contribution in [-0.2, 0) is 25.7 Å². The molecule has 0 fully saturated rings. The normalized spacial score (nSPS) is 11.3. The minimum absolute atomic E-state index is 0.0144. The summed E-state index contributed by atoms with van der Waals surface area (Å²) in [5, 5.41) is 3.53. The Kier molecular flexibility index (Phi) is 7.39. The van der Waals surface area contributed by atoms with Crippen LogP contribution >= 0.6 is 0 Å². The Morgan fingerprint density at radius 2 is 1.86 bits per heavy atom. The van der Waals surface area contributed by atoms with E-state index < -0.39 is 24.0 Å². The monoisotopic (exact) mass is 404 g/mol. The van der Waals surface area contributed by atoms with Gasteiger partial charge < -0.3 is 24.1 Å². The van der Waals surface area contributed by atoms with Crippen LogP contribution in [0.4, 0.5) is 0 Å². The Morgan fingerprint density at radius 3 is 2.52 bits per heavy atom. The number of likely N-dealkylation sites (N-methyl/N-ethyl adjacent to an activating group) is 1. The van der Waals surface area contributed by atoms with Gasteiger partial charge in [0.15, 0.2) is 6.61 Å². The van der Waals surface area contributed by atoms with E-state index in [0.717, 1.165) is 5.39 Å². The highest BCUT2D eigenvalue weighted by molar-refractivity contribution is 5.97. The highest BCUT2D eigenvalue weighted by Gasteiger charge is 2.24. The maximum atomic E-state index is 12.5. The van der Waals surface area contributed by atoms with E-state index in [9.17, 15) is 14.4 Å². The highest BCUT2D eigenvalue weighted by atomic mass is 16.5. The number of carbonyl (C=O) groups excluding carboxylic acids is 3. The number of para-hydroxylation sites is 1. The Bertz CT molecular complexity index is 881. The molecule has 0 saturated carbocycles. The van der Waals surface area contributed by atoms with Crippen LogP contribution < -0.4 is 5.32 Å². The van der Waals surface area contributed by atoms with Crippen molar-refractivity contribution in [1.82, 2.24) is 10.2 Å². The number of amides is 2. The van der Waals surface area contributed by atoms with E-state index in [4.69, 9.17) is 13.9 Å². The van der Waals surface area contributed by atoms with Gasteiger partial charge in [0, 0.05) is 30.1 Å². The van der Waals surface area contributed by atoms with E-state index in [1.165, 1.54) is 11.9 Å². The van der Waals surface area contributed by atoms with Crippen molar-refractivity contribution in [3.8, 4) is 0 Å². The summed E-state index contributed by atoms with van der Waals surface area (Å²) < 4.78 is 16.2. The van der Waals surface area contributed by atoms with Gasteiger partial charge in [-0.3, -0.25) is 9.59 Å². The third-order valence-corrected chi connectivity index (χ3v) is 3.98. The predicted molar refractivity (Wildman–Crippen MR) is 107 cm³/mol. The zero-order valence-corrected chi connectivity index (χ0v) is 17.5. The molecule has 0 aliphatic rings. The highest BCUT2D eigenvalue weighted by Crippen LogP contribution is 2.27. The fourth-order valence-corrected chi connectivity index (χ4v) is 2.68. The van der Waals surface area contributed by atoms with Crippen LogP contribution in [0.25, 0.3) is 11.0 Å². The van der Waals surface area contributed by atoms with Crippen LogP contribution in [0.5, 0.6) is 0 Å². The summed E-state index contributed by atoms with van der Waals surface area (Å²) in [5.41, 5.74) is 0.723. The summed E-state index contributed by atoms with van der Waals surface area (Å²) in [5.74, 6) is -1.53. The Morgan fingerprint density at radius 1 is 1.17 bits per heavy atom. The van der Waals surface area contributed by atoms with E-state index in [1.54, 1.807) is 12.1 Å². The van der Waals surface area contributed by atoms with E-state index in [-0.39, 0.29) is 24.8 Å².